The number of hydrogen-bond acceptors (Lipinski definition) is 3. The van der Waals surface area contributed by atoms with E-state index in [2.05, 4.69) is 21.2 Å². The van der Waals surface area contributed by atoms with Gasteiger partial charge < -0.3 is 15.2 Å². The van der Waals surface area contributed by atoms with Gasteiger partial charge in [0.2, 0.25) is 5.91 Å². The molecule has 1 aromatic carbocycles. The molecule has 6 heteroatoms. The van der Waals surface area contributed by atoms with E-state index < -0.39 is 12.0 Å². The molecule has 1 amide bonds. The van der Waals surface area contributed by atoms with Gasteiger partial charge in [0.1, 0.15) is 0 Å². The number of hydrogen-bond donors (Lipinski definition) is 2. The summed E-state index contributed by atoms with van der Waals surface area (Å²) in [4.78, 5) is 22.7. The van der Waals surface area contributed by atoms with E-state index in [0.717, 1.165) is 10.0 Å². The van der Waals surface area contributed by atoms with E-state index in [9.17, 15) is 9.59 Å². The number of rotatable bonds is 8. The van der Waals surface area contributed by atoms with E-state index in [1.54, 1.807) is 12.1 Å². The van der Waals surface area contributed by atoms with Crippen LogP contribution in [-0.2, 0) is 14.3 Å². The first kappa shape index (κ1) is 16.7. The van der Waals surface area contributed by atoms with Crippen LogP contribution in [0.1, 0.15) is 31.4 Å². The molecule has 5 nitrogen and oxygen atoms in total. The molecule has 0 bridgehead atoms. The van der Waals surface area contributed by atoms with Gasteiger partial charge in [-0.3, -0.25) is 9.59 Å². The Labute approximate surface area is 126 Å². The van der Waals surface area contributed by atoms with Crippen molar-refractivity contribution in [3.63, 3.8) is 0 Å². The van der Waals surface area contributed by atoms with Gasteiger partial charge in [-0.25, -0.2) is 0 Å². The molecule has 1 atom stereocenters. The van der Waals surface area contributed by atoms with E-state index >= 15 is 0 Å². The van der Waals surface area contributed by atoms with Crippen molar-refractivity contribution in [3.8, 4) is 0 Å². The number of aliphatic carboxylic acids is 1. The van der Waals surface area contributed by atoms with Gasteiger partial charge in [0.15, 0.2) is 0 Å². The Morgan fingerprint density at radius 3 is 2.55 bits per heavy atom. The molecule has 0 aromatic heterocycles. The molecule has 0 heterocycles. The molecule has 20 heavy (non-hydrogen) atoms. The van der Waals surface area contributed by atoms with Crippen molar-refractivity contribution in [1.82, 2.24) is 5.32 Å². The third kappa shape index (κ3) is 6.16. The Morgan fingerprint density at radius 2 is 2.00 bits per heavy atom. The third-order valence-corrected chi connectivity index (χ3v) is 3.19. The van der Waals surface area contributed by atoms with Crippen LogP contribution in [0.15, 0.2) is 28.7 Å². The molecule has 0 fully saturated rings. The van der Waals surface area contributed by atoms with Crippen molar-refractivity contribution in [3.05, 3.63) is 34.3 Å². The quantitative estimate of drug-likeness (QED) is 0.711. The molecule has 0 aliphatic heterocycles. The fraction of sp³-hybridized carbons (Fsp3) is 0.429. The maximum Gasteiger partial charge on any atom is 0.305 e. The lowest BCUT2D eigenvalue weighted by atomic mass is 10.0. The maximum atomic E-state index is 11.8. The van der Waals surface area contributed by atoms with E-state index in [1.807, 2.05) is 19.1 Å². The molecular weight excluding hydrogens is 326 g/mol. The van der Waals surface area contributed by atoms with E-state index in [1.165, 1.54) is 0 Å². The number of carbonyl (C=O) groups is 2. The van der Waals surface area contributed by atoms with Gasteiger partial charge >= 0.3 is 5.97 Å². The normalized spacial score (nSPS) is 11.9. The Morgan fingerprint density at radius 1 is 1.35 bits per heavy atom. The molecule has 1 aromatic rings. The van der Waals surface area contributed by atoms with Gasteiger partial charge in [0, 0.05) is 17.5 Å². The lowest BCUT2D eigenvalue weighted by molar-refractivity contribution is -0.137. The molecule has 1 rings (SSSR count). The zero-order valence-corrected chi connectivity index (χ0v) is 12.9. The maximum absolute atomic E-state index is 11.8. The fourth-order valence-electron chi connectivity index (χ4n) is 1.70. The molecule has 0 saturated heterocycles. The molecule has 0 aliphatic carbocycles. The second-order valence-corrected chi connectivity index (χ2v) is 5.13. The highest BCUT2D eigenvalue weighted by Gasteiger charge is 2.17. The van der Waals surface area contributed by atoms with E-state index in [0.29, 0.717) is 13.2 Å². The average molecular weight is 344 g/mol. The minimum Gasteiger partial charge on any atom is -0.481 e. The van der Waals surface area contributed by atoms with Crippen molar-refractivity contribution in [2.24, 2.45) is 0 Å². The Kier molecular flexibility index (Phi) is 7.25. The number of nitrogens with one attached hydrogen (secondary N) is 1. The summed E-state index contributed by atoms with van der Waals surface area (Å²) in [6.07, 6.45) is 0.0719. The highest BCUT2D eigenvalue weighted by Crippen LogP contribution is 2.20. The summed E-state index contributed by atoms with van der Waals surface area (Å²) in [5.41, 5.74) is 0.764. The lowest BCUT2D eigenvalue weighted by Crippen LogP contribution is -2.30. The smallest absolute Gasteiger partial charge is 0.305 e. The summed E-state index contributed by atoms with van der Waals surface area (Å²) in [7, 11) is 0. The first-order chi connectivity index (χ1) is 9.52. The van der Waals surface area contributed by atoms with Gasteiger partial charge in [0.05, 0.1) is 19.1 Å². The second-order valence-electron chi connectivity index (χ2n) is 4.22. The SMILES string of the molecule is CCOCCC(=O)NC(CC(=O)O)c1ccc(Br)cc1. The molecule has 110 valence electrons. The standard InChI is InChI=1S/C14H18BrNO4/c1-2-20-8-7-13(17)16-12(9-14(18)19)10-3-5-11(15)6-4-10/h3-6,12H,2,7-9H2,1H3,(H,16,17)(H,18,19). The zero-order valence-electron chi connectivity index (χ0n) is 11.3. The highest BCUT2D eigenvalue weighted by atomic mass is 79.9. The Hall–Kier alpha value is -1.40. The van der Waals surface area contributed by atoms with Gasteiger partial charge in [-0.2, -0.15) is 0 Å². The van der Waals surface area contributed by atoms with Crippen LogP contribution in [0.4, 0.5) is 0 Å². The molecule has 0 spiro atoms. The fourth-order valence-corrected chi connectivity index (χ4v) is 1.96. The lowest BCUT2D eigenvalue weighted by Gasteiger charge is -2.17. The van der Waals surface area contributed by atoms with Crippen molar-refractivity contribution in [1.29, 1.82) is 0 Å². The summed E-state index contributed by atoms with van der Waals surface area (Å²) in [5, 5.41) is 11.7. The Bertz CT molecular complexity index is 447. The predicted octanol–water partition coefficient (Wildman–Crippen LogP) is 2.51. The number of ether oxygens (including phenoxy) is 1. The summed E-state index contributed by atoms with van der Waals surface area (Å²) in [6, 6.07) is 6.68. The number of benzene rings is 1. The van der Waals surface area contributed by atoms with Crippen molar-refractivity contribution in [2.75, 3.05) is 13.2 Å². The van der Waals surface area contributed by atoms with Crippen molar-refractivity contribution < 1.29 is 19.4 Å². The topological polar surface area (TPSA) is 75.6 Å². The number of carboxylic acids is 1. The summed E-state index contributed by atoms with van der Waals surface area (Å²) in [6.45, 7) is 2.74. The van der Waals surface area contributed by atoms with Crippen LogP contribution in [0.25, 0.3) is 0 Å². The number of halogens is 1. The van der Waals surface area contributed by atoms with Crippen LogP contribution in [0, 0.1) is 0 Å². The van der Waals surface area contributed by atoms with Gasteiger partial charge in [0.25, 0.3) is 0 Å². The van der Waals surface area contributed by atoms with Crippen LogP contribution >= 0.6 is 15.9 Å². The van der Waals surface area contributed by atoms with Crippen LogP contribution in [-0.4, -0.2) is 30.2 Å². The van der Waals surface area contributed by atoms with Crippen molar-refractivity contribution in [2.45, 2.75) is 25.8 Å². The van der Waals surface area contributed by atoms with Crippen LogP contribution in [0.3, 0.4) is 0 Å². The zero-order chi connectivity index (χ0) is 15.0. The third-order valence-electron chi connectivity index (χ3n) is 2.66. The molecule has 0 saturated carbocycles. The first-order valence-corrected chi connectivity index (χ1v) is 7.16. The second kappa shape index (κ2) is 8.71. The highest BCUT2D eigenvalue weighted by molar-refractivity contribution is 9.10. The number of carboxylic acid groups (broad SMARTS) is 1. The monoisotopic (exact) mass is 343 g/mol. The van der Waals surface area contributed by atoms with Gasteiger partial charge in [-0.1, -0.05) is 28.1 Å². The van der Waals surface area contributed by atoms with Crippen LogP contribution in [0.5, 0.6) is 0 Å². The molecule has 0 aliphatic rings. The minimum atomic E-state index is -0.956. The first-order valence-electron chi connectivity index (χ1n) is 6.37. The average Bonchev–Trinajstić information content (AvgIpc) is 2.38. The minimum absolute atomic E-state index is 0.151. The van der Waals surface area contributed by atoms with Crippen LogP contribution in [0.2, 0.25) is 0 Å². The summed E-state index contributed by atoms with van der Waals surface area (Å²) < 4.78 is 6.01. The summed E-state index contributed by atoms with van der Waals surface area (Å²) >= 11 is 3.32. The Balaban J connectivity index is 2.67. The largest absolute Gasteiger partial charge is 0.481 e. The molecule has 1 unspecified atom stereocenters. The number of amides is 1. The molecular formula is C14H18BrNO4. The molecule has 2 N–H and O–H groups in total. The summed E-state index contributed by atoms with van der Waals surface area (Å²) in [5.74, 6) is -1.17. The van der Waals surface area contributed by atoms with E-state index in [-0.39, 0.29) is 18.7 Å². The predicted molar refractivity (Wildman–Crippen MR) is 78.4 cm³/mol. The van der Waals surface area contributed by atoms with Gasteiger partial charge in [-0.05, 0) is 24.6 Å². The van der Waals surface area contributed by atoms with Crippen LogP contribution < -0.4 is 5.32 Å². The molecule has 0 radical (unpaired) electrons. The van der Waals surface area contributed by atoms with Crippen molar-refractivity contribution >= 4 is 27.8 Å². The van der Waals surface area contributed by atoms with E-state index in [4.69, 9.17) is 9.84 Å². The number of carbonyl (C=O) groups excluding carboxylic acids is 1. The van der Waals surface area contributed by atoms with Gasteiger partial charge in [-0.15, -0.1) is 0 Å².